The molecule has 0 aromatic carbocycles. The molecule has 0 radical (unpaired) electrons. The van der Waals surface area contributed by atoms with Crippen molar-refractivity contribution in [3.8, 4) is 0 Å². The number of carbonyl (C=O) groups excluding carboxylic acids is 1. The number of aliphatic hydroxyl groups is 10. The topological polar surface area (TPSA) is 278 Å². The van der Waals surface area contributed by atoms with Crippen molar-refractivity contribution in [1.82, 2.24) is 5.32 Å². The molecule has 37 heavy (non-hydrogen) atoms. The second-order valence-corrected chi connectivity index (χ2v) is 9.11. The summed E-state index contributed by atoms with van der Waals surface area (Å²) in [6, 6.07) is -1.43. The predicted octanol–water partition coefficient (Wildman–Crippen LogP) is -7.43. The van der Waals surface area contributed by atoms with Crippen molar-refractivity contribution in [2.75, 3.05) is 19.8 Å². The molecule has 11 N–H and O–H groups in total. The Morgan fingerprint density at radius 2 is 1.22 bits per heavy atom. The lowest BCUT2D eigenvalue weighted by Gasteiger charge is -2.47. The summed E-state index contributed by atoms with van der Waals surface area (Å²) in [5.74, 6) is -0.644. The number of nitrogens with one attached hydrogen (secondary N) is 1. The molecule has 0 aromatic rings. The van der Waals surface area contributed by atoms with Crippen LogP contribution in [0.3, 0.4) is 0 Å². The van der Waals surface area contributed by atoms with E-state index in [2.05, 4.69) is 5.32 Å². The highest BCUT2D eigenvalue weighted by atomic mass is 16.7. The fourth-order valence-corrected chi connectivity index (χ4v) is 4.36. The molecule has 3 saturated heterocycles. The van der Waals surface area contributed by atoms with Gasteiger partial charge in [0, 0.05) is 6.92 Å². The minimum absolute atomic E-state index is 0.619. The Morgan fingerprint density at radius 1 is 0.703 bits per heavy atom. The molecule has 0 unspecified atom stereocenters. The van der Waals surface area contributed by atoms with E-state index in [1.54, 1.807) is 0 Å². The van der Waals surface area contributed by atoms with E-state index < -0.39 is 118 Å². The number of rotatable bonds is 8. The van der Waals surface area contributed by atoms with Crippen molar-refractivity contribution >= 4 is 5.91 Å². The minimum Gasteiger partial charge on any atom is -0.394 e. The third-order valence-corrected chi connectivity index (χ3v) is 6.48. The van der Waals surface area contributed by atoms with Gasteiger partial charge in [0.15, 0.2) is 18.9 Å². The lowest BCUT2D eigenvalue weighted by atomic mass is 9.95. The summed E-state index contributed by atoms with van der Waals surface area (Å²) >= 11 is 0. The van der Waals surface area contributed by atoms with Crippen LogP contribution in [0.2, 0.25) is 0 Å². The Kier molecular flexibility index (Phi) is 10.5. The molecule has 216 valence electrons. The van der Waals surface area contributed by atoms with Crippen LogP contribution in [-0.2, 0) is 28.5 Å². The van der Waals surface area contributed by atoms with Crippen molar-refractivity contribution in [1.29, 1.82) is 0 Å². The van der Waals surface area contributed by atoms with Crippen LogP contribution in [0.4, 0.5) is 0 Å². The van der Waals surface area contributed by atoms with Gasteiger partial charge in [-0.25, -0.2) is 0 Å². The quantitative estimate of drug-likeness (QED) is 0.135. The second-order valence-electron chi connectivity index (χ2n) is 9.11. The van der Waals surface area contributed by atoms with Gasteiger partial charge in [-0.15, -0.1) is 0 Å². The van der Waals surface area contributed by atoms with Crippen molar-refractivity contribution in [2.24, 2.45) is 0 Å². The summed E-state index contributed by atoms with van der Waals surface area (Å²) in [6.07, 6.45) is -23.0. The fraction of sp³-hybridized carbons (Fsp3) is 0.950. The van der Waals surface area contributed by atoms with E-state index in [1.807, 2.05) is 0 Å². The smallest absolute Gasteiger partial charge is 0.217 e. The van der Waals surface area contributed by atoms with Crippen LogP contribution >= 0.6 is 0 Å². The molecule has 3 heterocycles. The molecule has 0 bridgehead atoms. The number of hydrogen-bond donors (Lipinski definition) is 11. The lowest BCUT2D eigenvalue weighted by molar-refractivity contribution is -0.353. The maximum Gasteiger partial charge on any atom is 0.217 e. The summed E-state index contributed by atoms with van der Waals surface area (Å²) in [4.78, 5) is 11.6. The van der Waals surface area contributed by atoms with E-state index in [0.717, 1.165) is 6.92 Å². The molecular formula is C20H35NO16. The average Bonchev–Trinajstić information content (AvgIpc) is 2.86. The van der Waals surface area contributed by atoms with Gasteiger partial charge in [0.1, 0.15) is 73.2 Å². The van der Waals surface area contributed by atoms with Gasteiger partial charge in [0.25, 0.3) is 0 Å². The highest BCUT2D eigenvalue weighted by molar-refractivity contribution is 5.73. The van der Waals surface area contributed by atoms with E-state index in [0.29, 0.717) is 0 Å². The van der Waals surface area contributed by atoms with Crippen LogP contribution < -0.4 is 5.32 Å². The molecule has 1 amide bonds. The predicted molar refractivity (Wildman–Crippen MR) is 113 cm³/mol. The summed E-state index contributed by atoms with van der Waals surface area (Å²) in [7, 11) is 0. The first kappa shape index (κ1) is 30.4. The van der Waals surface area contributed by atoms with E-state index >= 15 is 0 Å². The van der Waals surface area contributed by atoms with Crippen LogP contribution in [0.1, 0.15) is 6.92 Å². The molecule has 3 rings (SSSR count). The lowest BCUT2D eigenvalue weighted by Crippen LogP contribution is -2.67. The Labute approximate surface area is 210 Å². The van der Waals surface area contributed by atoms with Gasteiger partial charge in [0.2, 0.25) is 5.91 Å². The van der Waals surface area contributed by atoms with Gasteiger partial charge in [-0.2, -0.15) is 0 Å². The van der Waals surface area contributed by atoms with Crippen molar-refractivity contribution in [3.05, 3.63) is 0 Å². The summed E-state index contributed by atoms with van der Waals surface area (Å²) in [5.41, 5.74) is 0. The first-order valence-electron chi connectivity index (χ1n) is 11.6. The SMILES string of the molecule is CC(=O)N[C@H]1[C@H](O)[C@H](O[C@@H]2O[C@@H](CO)[C@@H](O)[C@@H](O)[C@@H]2O)[C@H](CO[C@H]2O[C@H](CO)[C@@H](O)[C@H](O)[C@H]2O)O[C@H]1O. The highest BCUT2D eigenvalue weighted by Crippen LogP contribution is 2.30. The Morgan fingerprint density at radius 3 is 1.73 bits per heavy atom. The molecule has 3 fully saturated rings. The number of amides is 1. The molecule has 3 aliphatic heterocycles. The van der Waals surface area contributed by atoms with Gasteiger partial charge in [0.05, 0.1) is 19.8 Å². The van der Waals surface area contributed by atoms with Crippen molar-refractivity contribution < 1.29 is 79.5 Å². The maximum absolute atomic E-state index is 11.6. The Bertz CT molecular complexity index is 743. The number of hydrogen-bond acceptors (Lipinski definition) is 16. The zero-order chi connectivity index (χ0) is 27.6. The summed E-state index contributed by atoms with van der Waals surface area (Å²) in [6.45, 7) is -0.984. The number of aliphatic hydroxyl groups excluding tert-OH is 10. The molecule has 0 aliphatic carbocycles. The van der Waals surface area contributed by atoms with Gasteiger partial charge in [-0.05, 0) is 0 Å². The van der Waals surface area contributed by atoms with Crippen LogP contribution in [0.5, 0.6) is 0 Å². The number of carbonyl (C=O) groups is 1. The van der Waals surface area contributed by atoms with Crippen LogP contribution in [0.15, 0.2) is 0 Å². The molecule has 17 nitrogen and oxygen atoms in total. The number of ether oxygens (including phenoxy) is 5. The molecule has 17 heteroatoms. The third-order valence-electron chi connectivity index (χ3n) is 6.48. The first-order valence-corrected chi connectivity index (χ1v) is 11.6. The molecule has 0 saturated carbocycles. The van der Waals surface area contributed by atoms with Gasteiger partial charge < -0.3 is 80.1 Å². The largest absolute Gasteiger partial charge is 0.394 e. The molecule has 0 aromatic heterocycles. The van der Waals surface area contributed by atoms with Gasteiger partial charge in [-0.1, -0.05) is 0 Å². The zero-order valence-electron chi connectivity index (χ0n) is 19.7. The van der Waals surface area contributed by atoms with E-state index in [1.165, 1.54) is 0 Å². The Balaban J connectivity index is 1.78. The second kappa shape index (κ2) is 12.8. The minimum atomic E-state index is -1.86. The van der Waals surface area contributed by atoms with Crippen molar-refractivity contribution in [2.45, 2.75) is 99.0 Å². The van der Waals surface area contributed by atoms with Crippen molar-refractivity contribution in [3.63, 3.8) is 0 Å². The molecule has 0 spiro atoms. The van der Waals surface area contributed by atoms with Crippen LogP contribution in [-0.4, -0.2) is 169 Å². The Hall–Kier alpha value is -1.13. The molecular weight excluding hydrogens is 510 g/mol. The monoisotopic (exact) mass is 545 g/mol. The average molecular weight is 545 g/mol. The van der Waals surface area contributed by atoms with E-state index in [-0.39, 0.29) is 0 Å². The zero-order valence-corrected chi connectivity index (χ0v) is 19.7. The molecule has 15 atom stereocenters. The summed E-state index contributed by atoms with van der Waals surface area (Å²) < 4.78 is 27.0. The van der Waals surface area contributed by atoms with E-state index in [9.17, 15) is 55.9 Å². The van der Waals surface area contributed by atoms with Crippen LogP contribution in [0.25, 0.3) is 0 Å². The standard InChI is InChI=1S/C20H35NO16/c1-5(24)21-9-12(27)17(37-20-16(31)14(29)11(26)7(3-23)36-20)8(34-18(9)32)4-33-19-15(30)13(28)10(25)6(2-22)35-19/h6-20,22-23,25-32H,2-4H2,1H3,(H,21,24)/t6-,7+,8+,9+,10-,11-,12+,13+,14-,15-,16+,17-,18-,19+,20+/m1/s1. The van der Waals surface area contributed by atoms with Crippen LogP contribution in [0, 0.1) is 0 Å². The first-order chi connectivity index (χ1) is 17.4. The normalized spacial score (nSPS) is 49.0. The molecule has 3 aliphatic rings. The van der Waals surface area contributed by atoms with Gasteiger partial charge >= 0.3 is 0 Å². The summed E-state index contributed by atoms with van der Waals surface area (Å²) in [5, 5.41) is 103. The third kappa shape index (κ3) is 6.55. The fourth-order valence-electron chi connectivity index (χ4n) is 4.36. The highest BCUT2D eigenvalue weighted by Gasteiger charge is 2.52. The van der Waals surface area contributed by atoms with Gasteiger partial charge in [-0.3, -0.25) is 4.79 Å². The maximum atomic E-state index is 11.6. The van der Waals surface area contributed by atoms with E-state index in [4.69, 9.17) is 23.7 Å².